The standard InChI is InChI=1S/C31H21ClN4O5/c32-20-14-15-24-25(17-20)33-27-26(28(24)37)30(39)35(34-29(27)38)18-19-8-7-13-23(16-19)41-31(40)36(21-9-3-1-4-10-21)22-11-5-2-6-12-22/h1-17H,18H2,(H,33,37)(H,34,38). The molecule has 0 atom stereocenters. The molecule has 0 aliphatic heterocycles. The predicted molar refractivity (Wildman–Crippen MR) is 159 cm³/mol. The number of hydrogen-bond donors (Lipinski definition) is 2. The molecule has 0 spiro atoms. The number of aromatic nitrogens is 3. The van der Waals surface area contributed by atoms with E-state index < -0.39 is 22.6 Å². The molecule has 202 valence electrons. The third-order valence-corrected chi connectivity index (χ3v) is 6.78. The van der Waals surface area contributed by atoms with Gasteiger partial charge in [0, 0.05) is 10.4 Å². The van der Waals surface area contributed by atoms with E-state index in [2.05, 4.69) is 10.1 Å². The molecule has 6 rings (SSSR count). The molecule has 4 aromatic carbocycles. The minimum atomic E-state index is -0.667. The molecule has 1 amide bonds. The van der Waals surface area contributed by atoms with Crippen LogP contribution >= 0.6 is 11.6 Å². The first-order valence-electron chi connectivity index (χ1n) is 12.6. The number of halogens is 1. The van der Waals surface area contributed by atoms with Crippen molar-refractivity contribution in [2.24, 2.45) is 0 Å². The molecule has 0 fully saturated rings. The molecule has 2 aromatic heterocycles. The van der Waals surface area contributed by atoms with Crippen molar-refractivity contribution in [2.45, 2.75) is 6.54 Å². The first-order chi connectivity index (χ1) is 19.9. The Labute approximate surface area is 236 Å². The maximum absolute atomic E-state index is 13.3. The number of aromatic amines is 2. The highest BCUT2D eigenvalue weighted by molar-refractivity contribution is 6.31. The van der Waals surface area contributed by atoms with E-state index in [1.807, 2.05) is 36.4 Å². The minimum absolute atomic E-state index is 0.0748. The first-order valence-corrected chi connectivity index (χ1v) is 13.0. The number of benzene rings is 4. The quantitative estimate of drug-likeness (QED) is 0.265. The molecule has 0 radical (unpaired) electrons. The number of H-pyrrole nitrogens is 2. The summed E-state index contributed by atoms with van der Waals surface area (Å²) in [5.74, 6) is 0.237. The number of carbonyl (C=O) groups is 1. The van der Waals surface area contributed by atoms with Gasteiger partial charge in [0.2, 0.25) is 5.43 Å². The van der Waals surface area contributed by atoms with Gasteiger partial charge in [-0.1, -0.05) is 60.1 Å². The summed E-state index contributed by atoms with van der Waals surface area (Å²) in [6, 6.07) is 29.4. The SMILES string of the molecule is O=C(Oc1cccc(Cn2[nH]c(=O)c3[nH]c4cc(Cl)ccc4c(=O)c3c2=O)c1)N(c1ccccc1)c1ccccc1. The van der Waals surface area contributed by atoms with E-state index in [1.54, 1.807) is 54.6 Å². The van der Waals surface area contributed by atoms with Crippen LogP contribution in [0.15, 0.2) is 118 Å². The second-order valence-corrected chi connectivity index (χ2v) is 9.68. The van der Waals surface area contributed by atoms with E-state index in [0.717, 1.165) is 4.68 Å². The van der Waals surface area contributed by atoms with Gasteiger partial charge in [-0.2, -0.15) is 0 Å². The molecule has 9 nitrogen and oxygen atoms in total. The highest BCUT2D eigenvalue weighted by Crippen LogP contribution is 2.27. The molecule has 0 saturated carbocycles. The molecule has 10 heteroatoms. The summed E-state index contributed by atoms with van der Waals surface area (Å²) in [5, 5.41) is 2.89. The third-order valence-electron chi connectivity index (χ3n) is 6.54. The average molecular weight is 565 g/mol. The molecule has 0 unspecified atom stereocenters. The maximum Gasteiger partial charge on any atom is 0.424 e. The van der Waals surface area contributed by atoms with Gasteiger partial charge in [0.25, 0.3) is 11.1 Å². The van der Waals surface area contributed by atoms with Crippen LogP contribution in [0.1, 0.15) is 5.56 Å². The lowest BCUT2D eigenvalue weighted by atomic mass is 10.1. The van der Waals surface area contributed by atoms with E-state index >= 15 is 0 Å². The van der Waals surface area contributed by atoms with Crippen molar-refractivity contribution in [1.82, 2.24) is 14.8 Å². The molecule has 0 aliphatic rings. The summed E-state index contributed by atoms with van der Waals surface area (Å²) in [6.07, 6.45) is -0.630. The molecule has 6 aromatic rings. The molecular weight excluding hydrogens is 544 g/mol. The van der Waals surface area contributed by atoms with Gasteiger partial charge in [-0.3, -0.25) is 19.5 Å². The Morgan fingerprint density at radius 2 is 1.51 bits per heavy atom. The summed E-state index contributed by atoms with van der Waals surface area (Å²) < 4.78 is 6.79. The van der Waals surface area contributed by atoms with Crippen molar-refractivity contribution in [1.29, 1.82) is 0 Å². The van der Waals surface area contributed by atoms with Crippen LogP contribution in [-0.4, -0.2) is 20.9 Å². The largest absolute Gasteiger partial charge is 0.424 e. The smallest absolute Gasteiger partial charge is 0.410 e. The van der Waals surface area contributed by atoms with Crippen molar-refractivity contribution < 1.29 is 9.53 Å². The predicted octanol–water partition coefficient (Wildman–Crippen LogP) is 5.57. The highest BCUT2D eigenvalue weighted by atomic mass is 35.5. The van der Waals surface area contributed by atoms with Gasteiger partial charge in [0.1, 0.15) is 16.7 Å². The van der Waals surface area contributed by atoms with Crippen LogP contribution in [0, 0.1) is 0 Å². The van der Waals surface area contributed by atoms with Gasteiger partial charge >= 0.3 is 6.09 Å². The van der Waals surface area contributed by atoms with Crippen LogP contribution < -0.4 is 26.2 Å². The molecule has 2 N–H and O–H groups in total. The lowest BCUT2D eigenvalue weighted by Crippen LogP contribution is -2.34. The lowest BCUT2D eigenvalue weighted by Gasteiger charge is -2.22. The number of ether oxygens (including phenoxy) is 1. The Kier molecular flexibility index (Phi) is 6.70. The normalized spacial score (nSPS) is 11.0. The van der Waals surface area contributed by atoms with Gasteiger partial charge in [-0.25, -0.2) is 14.4 Å². The van der Waals surface area contributed by atoms with Crippen molar-refractivity contribution in [2.75, 3.05) is 4.90 Å². The Balaban J connectivity index is 1.33. The van der Waals surface area contributed by atoms with Gasteiger partial charge in [-0.05, 0) is 60.2 Å². The fraction of sp³-hybridized carbons (Fsp3) is 0.0323. The summed E-state index contributed by atoms with van der Waals surface area (Å²) in [6.45, 7) is -0.0748. The molecule has 2 heterocycles. The van der Waals surface area contributed by atoms with E-state index in [4.69, 9.17) is 16.3 Å². The zero-order valence-corrected chi connectivity index (χ0v) is 22.1. The third kappa shape index (κ3) is 5.02. The number of fused-ring (bicyclic) bond motifs is 2. The van der Waals surface area contributed by atoms with Gasteiger partial charge in [0.15, 0.2) is 0 Å². The topological polar surface area (TPSA) is 117 Å². The van der Waals surface area contributed by atoms with E-state index in [9.17, 15) is 19.2 Å². The molecular formula is C31H21ClN4O5. The summed E-state index contributed by atoms with van der Waals surface area (Å²) in [4.78, 5) is 57.0. The van der Waals surface area contributed by atoms with Crippen molar-refractivity contribution in [3.8, 4) is 5.75 Å². The Bertz CT molecular complexity index is 2060. The van der Waals surface area contributed by atoms with Crippen molar-refractivity contribution in [3.05, 3.63) is 145 Å². The van der Waals surface area contributed by atoms with E-state index in [0.29, 0.717) is 27.5 Å². The van der Waals surface area contributed by atoms with E-state index in [1.165, 1.54) is 17.0 Å². The Morgan fingerprint density at radius 3 is 2.20 bits per heavy atom. The Hall–Kier alpha value is -5.41. The summed E-state index contributed by atoms with van der Waals surface area (Å²) in [5.41, 5.74) is 0.160. The number of carbonyl (C=O) groups excluding carboxylic acids is 1. The number of hydrogen-bond acceptors (Lipinski definition) is 5. The summed E-state index contributed by atoms with van der Waals surface area (Å²) in [7, 11) is 0. The average Bonchev–Trinajstić information content (AvgIpc) is 2.97. The first kappa shape index (κ1) is 25.8. The second kappa shape index (κ2) is 10.6. The Morgan fingerprint density at radius 1 is 0.829 bits per heavy atom. The van der Waals surface area contributed by atoms with Crippen molar-refractivity contribution in [3.63, 3.8) is 0 Å². The molecule has 0 aliphatic carbocycles. The van der Waals surface area contributed by atoms with Crippen molar-refractivity contribution >= 4 is 50.9 Å². The maximum atomic E-state index is 13.3. The van der Waals surface area contributed by atoms with Crippen LogP contribution in [0.4, 0.5) is 16.2 Å². The van der Waals surface area contributed by atoms with Crippen LogP contribution in [0.25, 0.3) is 21.8 Å². The number of pyridine rings is 1. The monoisotopic (exact) mass is 564 g/mol. The number of nitrogens with zero attached hydrogens (tertiary/aromatic N) is 2. The van der Waals surface area contributed by atoms with E-state index in [-0.39, 0.29) is 28.6 Å². The number of para-hydroxylation sites is 2. The lowest BCUT2D eigenvalue weighted by molar-refractivity contribution is 0.210. The van der Waals surface area contributed by atoms with Gasteiger partial charge < -0.3 is 9.72 Å². The number of anilines is 2. The zero-order valence-electron chi connectivity index (χ0n) is 21.3. The van der Waals surface area contributed by atoms with Crippen LogP contribution in [0.5, 0.6) is 5.75 Å². The molecule has 0 saturated heterocycles. The van der Waals surface area contributed by atoms with Gasteiger partial charge in [-0.15, -0.1) is 0 Å². The van der Waals surface area contributed by atoms with Crippen LogP contribution in [0.2, 0.25) is 5.02 Å². The minimum Gasteiger partial charge on any atom is -0.410 e. The number of rotatable bonds is 5. The summed E-state index contributed by atoms with van der Waals surface area (Å²) >= 11 is 6.02. The highest BCUT2D eigenvalue weighted by Gasteiger charge is 2.20. The fourth-order valence-corrected chi connectivity index (χ4v) is 4.84. The van der Waals surface area contributed by atoms with Crippen LogP contribution in [-0.2, 0) is 6.54 Å². The van der Waals surface area contributed by atoms with Gasteiger partial charge in [0.05, 0.1) is 23.4 Å². The van der Waals surface area contributed by atoms with Crippen LogP contribution in [0.3, 0.4) is 0 Å². The number of amides is 1. The molecule has 0 bridgehead atoms. The number of nitrogens with one attached hydrogen (secondary N) is 2. The fourth-order valence-electron chi connectivity index (χ4n) is 4.66. The molecule has 41 heavy (non-hydrogen) atoms. The second-order valence-electron chi connectivity index (χ2n) is 9.25. The zero-order chi connectivity index (χ0) is 28.5.